The van der Waals surface area contributed by atoms with E-state index >= 15 is 0 Å². The Labute approximate surface area is 122 Å². The number of nitrogens with zero attached hydrogens (tertiary/aromatic N) is 1. The molecule has 1 atom stereocenters. The highest BCUT2D eigenvalue weighted by Gasteiger charge is 2.29. The van der Waals surface area contributed by atoms with Crippen molar-refractivity contribution in [2.75, 3.05) is 16.8 Å². The minimum atomic E-state index is -0.556. The van der Waals surface area contributed by atoms with Crippen molar-refractivity contribution in [3.63, 3.8) is 0 Å². The molecule has 5 heteroatoms. The number of fused-ring (bicyclic) bond motifs is 1. The monoisotopic (exact) mass is 325 g/mol. The van der Waals surface area contributed by atoms with Crippen LogP contribution in [0.3, 0.4) is 0 Å². The lowest BCUT2D eigenvalue weighted by Gasteiger charge is -2.30. The Morgan fingerprint density at radius 3 is 2.74 bits per heavy atom. The van der Waals surface area contributed by atoms with Crippen LogP contribution in [0.4, 0.5) is 11.4 Å². The highest BCUT2D eigenvalue weighted by atomic mass is 79.9. The van der Waals surface area contributed by atoms with Gasteiger partial charge in [-0.15, -0.1) is 0 Å². The van der Waals surface area contributed by atoms with Crippen LogP contribution in [0.5, 0.6) is 0 Å². The molecule has 1 amide bonds. The summed E-state index contributed by atoms with van der Waals surface area (Å²) in [6.07, 6.45) is 1.08. The van der Waals surface area contributed by atoms with Gasteiger partial charge in [-0.3, -0.25) is 4.79 Å². The van der Waals surface area contributed by atoms with Gasteiger partial charge in [0.1, 0.15) is 6.04 Å². The van der Waals surface area contributed by atoms with E-state index in [1.165, 1.54) is 0 Å². The van der Waals surface area contributed by atoms with Gasteiger partial charge in [-0.1, -0.05) is 6.92 Å². The quantitative estimate of drug-likeness (QED) is 0.894. The van der Waals surface area contributed by atoms with E-state index in [4.69, 9.17) is 5.73 Å². The molecule has 0 saturated heterocycles. The van der Waals surface area contributed by atoms with Crippen LogP contribution >= 0.6 is 15.9 Å². The first kappa shape index (κ1) is 14.3. The average Bonchev–Trinajstić information content (AvgIpc) is 2.62. The topological polar surface area (TPSA) is 58.4 Å². The van der Waals surface area contributed by atoms with Crippen LogP contribution in [0.2, 0.25) is 0 Å². The van der Waals surface area contributed by atoms with Crippen LogP contribution in [0.15, 0.2) is 16.6 Å². The van der Waals surface area contributed by atoms with Crippen molar-refractivity contribution in [3.8, 4) is 0 Å². The number of hydrogen-bond donors (Lipinski definition) is 2. The Morgan fingerprint density at radius 2 is 2.16 bits per heavy atom. The molecule has 1 aliphatic heterocycles. The second-order valence-corrected chi connectivity index (χ2v) is 6.00. The Kier molecular flexibility index (Phi) is 4.16. The van der Waals surface area contributed by atoms with Crippen LogP contribution in [0, 0.1) is 0 Å². The number of halogens is 1. The summed E-state index contributed by atoms with van der Waals surface area (Å²) in [6, 6.07) is 3.82. The lowest BCUT2D eigenvalue weighted by molar-refractivity contribution is -0.116. The van der Waals surface area contributed by atoms with E-state index in [9.17, 15) is 4.79 Å². The van der Waals surface area contributed by atoms with Crippen molar-refractivity contribution in [1.29, 1.82) is 0 Å². The third-order valence-electron chi connectivity index (χ3n) is 3.39. The van der Waals surface area contributed by atoms with Crippen molar-refractivity contribution < 1.29 is 4.79 Å². The lowest BCUT2D eigenvalue weighted by Crippen LogP contribution is -2.31. The molecule has 104 valence electrons. The van der Waals surface area contributed by atoms with Gasteiger partial charge in [-0.25, -0.2) is 0 Å². The zero-order valence-corrected chi connectivity index (χ0v) is 13.1. The van der Waals surface area contributed by atoms with E-state index in [-0.39, 0.29) is 5.91 Å². The van der Waals surface area contributed by atoms with Crippen molar-refractivity contribution in [3.05, 3.63) is 22.2 Å². The molecule has 4 nitrogen and oxygen atoms in total. The summed E-state index contributed by atoms with van der Waals surface area (Å²) in [4.78, 5) is 13.9. The number of anilines is 2. The molecule has 0 spiro atoms. The fourth-order valence-electron chi connectivity index (χ4n) is 2.41. The summed E-state index contributed by atoms with van der Waals surface area (Å²) in [5.74, 6) is -0.134. The standard InChI is InChI=1S/C14H20BrN3O/c1-4-5-18(8(2)3)12-7-11-9(6-10(12)15)13(16)14(19)17-11/h6-8,13H,4-5,16H2,1-3H3,(H,17,19). The summed E-state index contributed by atoms with van der Waals surface area (Å²) in [5, 5.41) is 2.84. The van der Waals surface area contributed by atoms with E-state index in [0.717, 1.165) is 34.4 Å². The summed E-state index contributed by atoms with van der Waals surface area (Å²) in [5.41, 5.74) is 8.65. The second kappa shape index (κ2) is 5.51. The Hall–Kier alpha value is -1.07. The number of amides is 1. The fraction of sp³-hybridized carbons (Fsp3) is 0.500. The maximum absolute atomic E-state index is 11.6. The maximum atomic E-state index is 11.6. The molecule has 0 bridgehead atoms. The maximum Gasteiger partial charge on any atom is 0.245 e. The zero-order chi connectivity index (χ0) is 14.2. The van der Waals surface area contributed by atoms with Crippen molar-refractivity contribution in [2.24, 2.45) is 5.73 Å². The van der Waals surface area contributed by atoms with Crippen LogP contribution in [0.25, 0.3) is 0 Å². The number of carbonyl (C=O) groups is 1. The molecule has 1 aliphatic rings. The Morgan fingerprint density at radius 1 is 1.47 bits per heavy atom. The minimum absolute atomic E-state index is 0.134. The summed E-state index contributed by atoms with van der Waals surface area (Å²) >= 11 is 3.60. The number of benzene rings is 1. The molecule has 19 heavy (non-hydrogen) atoms. The molecule has 2 rings (SSSR count). The number of carbonyl (C=O) groups excluding carboxylic acids is 1. The molecule has 1 heterocycles. The molecular formula is C14H20BrN3O. The first-order valence-electron chi connectivity index (χ1n) is 6.62. The molecule has 0 aliphatic carbocycles. The van der Waals surface area contributed by atoms with Gasteiger partial charge in [0.05, 0.1) is 5.69 Å². The molecule has 0 radical (unpaired) electrons. The van der Waals surface area contributed by atoms with Crippen LogP contribution in [0.1, 0.15) is 38.8 Å². The second-order valence-electron chi connectivity index (χ2n) is 5.14. The Bertz CT molecular complexity index is 502. The van der Waals surface area contributed by atoms with Crippen LogP contribution < -0.4 is 16.0 Å². The Balaban J connectivity index is 2.43. The van der Waals surface area contributed by atoms with Gasteiger partial charge >= 0.3 is 0 Å². The van der Waals surface area contributed by atoms with Gasteiger partial charge in [0.15, 0.2) is 0 Å². The first-order valence-corrected chi connectivity index (χ1v) is 7.41. The smallest absolute Gasteiger partial charge is 0.245 e. The average molecular weight is 326 g/mol. The van der Waals surface area contributed by atoms with E-state index in [0.29, 0.717) is 6.04 Å². The SMILES string of the molecule is CCCN(c1cc2c(cc1Br)C(N)C(=O)N2)C(C)C. The van der Waals surface area contributed by atoms with E-state index in [1.807, 2.05) is 12.1 Å². The zero-order valence-electron chi connectivity index (χ0n) is 11.5. The van der Waals surface area contributed by atoms with E-state index in [1.54, 1.807) is 0 Å². The van der Waals surface area contributed by atoms with E-state index < -0.39 is 6.04 Å². The number of nitrogens with one attached hydrogen (secondary N) is 1. The highest BCUT2D eigenvalue weighted by Crippen LogP contribution is 2.38. The number of nitrogens with two attached hydrogens (primary N) is 1. The first-order chi connectivity index (χ1) is 8.95. The van der Waals surface area contributed by atoms with Gasteiger partial charge in [0.2, 0.25) is 5.91 Å². The predicted molar refractivity (Wildman–Crippen MR) is 82.5 cm³/mol. The fourth-order valence-corrected chi connectivity index (χ4v) is 3.00. The van der Waals surface area contributed by atoms with Crippen LogP contribution in [-0.2, 0) is 4.79 Å². The molecular weight excluding hydrogens is 306 g/mol. The van der Waals surface area contributed by atoms with Crippen molar-refractivity contribution >= 4 is 33.2 Å². The minimum Gasteiger partial charge on any atom is -0.368 e. The van der Waals surface area contributed by atoms with Crippen molar-refractivity contribution in [2.45, 2.75) is 39.3 Å². The molecule has 1 aromatic rings. The number of rotatable bonds is 4. The molecule has 0 aromatic heterocycles. The summed E-state index contributed by atoms with van der Waals surface area (Å²) < 4.78 is 0.986. The van der Waals surface area contributed by atoms with Gasteiger partial charge in [0.25, 0.3) is 0 Å². The molecule has 1 unspecified atom stereocenters. The van der Waals surface area contributed by atoms with E-state index in [2.05, 4.69) is 46.9 Å². The summed E-state index contributed by atoms with van der Waals surface area (Å²) in [6.45, 7) is 7.47. The third-order valence-corrected chi connectivity index (χ3v) is 4.03. The van der Waals surface area contributed by atoms with Crippen molar-refractivity contribution in [1.82, 2.24) is 0 Å². The highest BCUT2D eigenvalue weighted by molar-refractivity contribution is 9.10. The molecule has 0 fully saturated rings. The van der Waals surface area contributed by atoms with Gasteiger partial charge < -0.3 is 16.0 Å². The normalized spacial score (nSPS) is 17.6. The lowest BCUT2D eigenvalue weighted by atomic mass is 10.1. The molecule has 3 N–H and O–H groups in total. The van der Waals surface area contributed by atoms with Gasteiger partial charge in [-0.2, -0.15) is 0 Å². The molecule has 0 saturated carbocycles. The third kappa shape index (κ3) is 2.62. The largest absolute Gasteiger partial charge is 0.368 e. The summed E-state index contributed by atoms with van der Waals surface area (Å²) in [7, 11) is 0. The predicted octanol–water partition coefficient (Wildman–Crippen LogP) is 3.03. The van der Waals surface area contributed by atoms with Crippen LogP contribution in [-0.4, -0.2) is 18.5 Å². The number of hydrogen-bond acceptors (Lipinski definition) is 3. The molecule has 1 aromatic carbocycles. The van der Waals surface area contributed by atoms with Gasteiger partial charge in [-0.05, 0) is 48.3 Å². The van der Waals surface area contributed by atoms with Gasteiger partial charge in [0, 0.05) is 28.3 Å².